The van der Waals surface area contributed by atoms with Crippen LogP contribution in [0.2, 0.25) is 0 Å². The predicted octanol–water partition coefficient (Wildman–Crippen LogP) is -1.63. The number of nitrogens with one attached hydrogen (secondary N) is 3. The fourth-order valence-electron chi connectivity index (χ4n) is 2.36. The number of amides is 3. The Morgan fingerprint density at radius 2 is 1.59 bits per heavy atom. The van der Waals surface area contributed by atoms with Crippen molar-refractivity contribution >= 4 is 17.7 Å². The average molecular weight is 466 g/mol. The van der Waals surface area contributed by atoms with Crippen LogP contribution in [0.1, 0.15) is 46.5 Å². The van der Waals surface area contributed by atoms with E-state index in [1.807, 2.05) is 6.92 Å². The number of ether oxygens (including phenoxy) is 3. The molecule has 32 heavy (non-hydrogen) atoms. The number of unbranched alkanes of at least 4 members (excludes halogenated alkanes) is 1. The van der Waals surface area contributed by atoms with Gasteiger partial charge in [0, 0.05) is 32.9 Å². The molecule has 12 nitrogen and oxygen atoms in total. The van der Waals surface area contributed by atoms with Crippen molar-refractivity contribution < 1.29 is 43.9 Å². The van der Waals surface area contributed by atoms with Crippen LogP contribution in [0.15, 0.2) is 0 Å². The molecule has 188 valence electrons. The first-order chi connectivity index (χ1) is 15.2. The van der Waals surface area contributed by atoms with Crippen molar-refractivity contribution in [1.82, 2.24) is 16.0 Å². The Kier molecular flexibility index (Phi) is 17.6. The van der Waals surface area contributed by atoms with Crippen molar-refractivity contribution in [3.8, 4) is 0 Å². The quantitative estimate of drug-likeness (QED) is 0.0966. The van der Waals surface area contributed by atoms with E-state index in [0.29, 0.717) is 6.54 Å². The van der Waals surface area contributed by atoms with Crippen molar-refractivity contribution in [3.63, 3.8) is 0 Å². The van der Waals surface area contributed by atoms with E-state index in [1.165, 1.54) is 13.8 Å². The molecule has 6 N–H and O–H groups in total. The van der Waals surface area contributed by atoms with Gasteiger partial charge in [0.15, 0.2) is 6.23 Å². The molecule has 0 aromatic carbocycles. The van der Waals surface area contributed by atoms with Crippen LogP contribution in [0.3, 0.4) is 0 Å². The van der Waals surface area contributed by atoms with Crippen molar-refractivity contribution in [2.75, 3.05) is 39.5 Å². The van der Waals surface area contributed by atoms with Gasteiger partial charge in [-0.1, -0.05) is 13.3 Å². The number of hydrogen-bond acceptors (Lipinski definition) is 9. The SMILES string of the molecule is CCCCNC(=O)CCC(=O)NCCOCCOC(OC(CO)C(C)O)C(O)NC(C)=O. The maximum Gasteiger partial charge on any atom is 0.220 e. The molecule has 0 radical (unpaired) electrons. The second-order valence-electron chi connectivity index (χ2n) is 7.15. The van der Waals surface area contributed by atoms with Crippen LogP contribution in [0.4, 0.5) is 0 Å². The van der Waals surface area contributed by atoms with Crippen LogP contribution in [0.5, 0.6) is 0 Å². The molecular formula is C20H39N3O9. The van der Waals surface area contributed by atoms with Crippen molar-refractivity contribution in [3.05, 3.63) is 0 Å². The van der Waals surface area contributed by atoms with Gasteiger partial charge in [0.1, 0.15) is 6.10 Å². The third kappa shape index (κ3) is 15.9. The molecule has 0 saturated carbocycles. The van der Waals surface area contributed by atoms with Gasteiger partial charge in [-0.2, -0.15) is 0 Å². The minimum Gasteiger partial charge on any atom is -0.394 e. The second kappa shape index (κ2) is 18.7. The van der Waals surface area contributed by atoms with Gasteiger partial charge in [-0.25, -0.2) is 0 Å². The van der Waals surface area contributed by atoms with Gasteiger partial charge >= 0.3 is 0 Å². The third-order valence-electron chi connectivity index (χ3n) is 4.15. The summed E-state index contributed by atoms with van der Waals surface area (Å²) in [6.45, 7) is 5.25. The van der Waals surface area contributed by atoms with Gasteiger partial charge in [0.25, 0.3) is 0 Å². The van der Waals surface area contributed by atoms with Crippen LogP contribution < -0.4 is 16.0 Å². The highest BCUT2D eigenvalue weighted by Crippen LogP contribution is 2.08. The van der Waals surface area contributed by atoms with E-state index in [-0.39, 0.29) is 51.0 Å². The van der Waals surface area contributed by atoms with E-state index < -0.39 is 37.2 Å². The Morgan fingerprint density at radius 1 is 0.969 bits per heavy atom. The molecule has 0 aliphatic rings. The molecule has 0 heterocycles. The summed E-state index contributed by atoms with van der Waals surface area (Å²) in [6.07, 6.45) is -2.79. The zero-order chi connectivity index (χ0) is 24.4. The highest BCUT2D eigenvalue weighted by Gasteiger charge is 2.27. The molecule has 0 aliphatic heterocycles. The average Bonchev–Trinajstić information content (AvgIpc) is 2.73. The van der Waals surface area contributed by atoms with Crippen molar-refractivity contribution in [2.24, 2.45) is 0 Å². The zero-order valence-electron chi connectivity index (χ0n) is 19.2. The molecule has 0 rings (SSSR count). The van der Waals surface area contributed by atoms with Crippen molar-refractivity contribution in [1.29, 1.82) is 0 Å². The molecule has 3 amide bonds. The van der Waals surface area contributed by atoms with Gasteiger partial charge in [0.2, 0.25) is 24.0 Å². The first-order valence-electron chi connectivity index (χ1n) is 10.8. The first kappa shape index (κ1) is 30.2. The normalized spacial score (nSPS) is 14.8. The summed E-state index contributed by atoms with van der Waals surface area (Å²) in [4.78, 5) is 34.4. The summed E-state index contributed by atoms with van der Waals surface area (Å²) in [6, 6.07) is 0. The van der Waals surface area contributed by atoms with Gasteiger partial charge in [-0.05, 0) is 13.3 Å². The predicted molar refractivity (Wildman–Crippen MR) is 114 cm³/mol. The van der Waals surface area contributed by atoms with E-state index >= 15 is 0 Å². The standard InChI is InChI=1S/C20H39N3O9/c1-4-5-8-21-17(27)6-7-18(28)22-9-10-30-11-12-31-20(19(29)23-15(3)26)32-16(13-24)14(2)25/h14,16,19-20,24-25,29H,4-13H2,1-3H3,(H,21,27)(H,22,28)(H,23,26). The number of hydrogen-bond donors (Lipinski definition) is 6. The molecule has 0 saturated heterocycles. The molecule has 4 unspecified atom stereocenters. The van der Waals surface area contributed by atoms with E-state index in [4.69, 9.17) is 14.2 Å². The van der Waals surface area contributed by atoms with Gasteiger partial charge < -0.3 is 45.5 Å². The Morgan fingerprint density at radius 3 is 2.12 bits per heavy atom. The molecule has 4 atom stereocenters. The summed E-state index contributed by atoms with van der Waals surface area (Å²) in [5.74, 6) is -0.924. The van der Waals surface area contributed by atoms with Crippen LogP contribution in [-0.4, -0.2) is 97.3 Å². The molecule has 0 spiro atoms. The third-order valence-corrected chi connectivity index (χ3v) is 4.15. The zero-order valence-corrected chi connectivity index (χ0v) is 19.2. The van der Waals surface area contributed by atoms with Crippen LogP contribution in [-0.2, 0) is 28.6 Å². The molecule has 12 heteroatoms. The van der Waals surface area contributed by atoms with E-state index in [9.17, 15) is 29.7 Å². The van der Waals surface area contributed by atoms with E-state index in [0.717, 1.165) is 12.8 Å². The Hall–Kier alpha value is -1.83. The van der Waals surface area contributed by atoms with Crippen molar-refractivity contribution in [2.45, 2.75) is 71.2 Å². The molecule has 0 bridgehead atoms. The highest BCUT2D eigenvalue weighted by atomic mass is 16.7. The van der Waals surface area contributed by atoms with E-state index in [1.54, 1.807) is 0 Å². The van der Waals surface area contributed by atoms with Crippen LogP contribution in [0.25, 0.3) is 0 Å². The second-order valence-corrected chi connectivity index (χ2v) is 7.15. The summed E-state index contributed by atoms with van der Waals surface area (Å²) in [5, 5.41) is 36.4. The smallest absolute Gasteiger partial charge is 0.220 e. The lowest BCUT2D eigenvalue weighted by molar-refractivity contribution is -0.243. The van der Waals surface area contributed by atoms with Gasteiger partial charge in [-0.15, -0.1) is 0 Å². The van der Waals surface area contributed by atoms with Gasteiger partial charge in [-0.3, -0.25) is 14.4 Å². The molecular weight excluding hydrogens is 426 g/mol. The highest BCUT2D eigenvalue weighted by molar-refractivity contribution is 5.83. The topological polar surface area (TPSA) is 176 Å². The first-order valence-corrected chi connectivity index (χ1v) is 10.8. The minimum absolute atomic E-state index is 0.0227. The fraction of sp³-hybridized carbons (Fsp3) is 0.850. The number of carbonyl (C=O) groups is 3. The van der Waals surface area contributed by atoms with Gasteiger partial charge in [0.05, 0.1) is 32.5 Å². The summed E-state index contributed by atoms with van der Waals surface area (Å²) >= 11 is 0. The minimum atomic E-state index is -1.52. The maximum absolute atomic E-state index is 11.7. The number of rotatable bonds is 19. The molecule has 0 aromatic heterocycles. The lowest BCUT2D eigenvalue weighted by Crippen LogP contribution is -2.48. The molecule has 0 fully saturated rings. The Balaban J connectivity index is 4.08. The Bertz CT molecular complexity index is 534. The largest absolute Gasteiger partial charge is 0.394 e. The summed E-state index contributed by atoms with van der Waals surface area (Å²) in [5.41, 5.74) is 0. The van der Waals surface area contributed by atoms with Crippen LogP contribution in [0, 0.1) is 0 Å². The lowest BCUT2D eigenvalue weighted by atomic mass is 10.2. The summed E-state index contributed by atoms with van der Waals surface area (Å²) < 4.78 is 16.0. The van der Waals surface area contributed by atoms with E-state index in [2.05, 4.69) is 16.0 Å². The number of aliphatic hydroxyl groups is 3. The maximum atomic E-state index is 11.7. The Labute approximate surface area is 189 Å². The van der Waals surface area contributed by atoms with Crippen LogP contribution >= 0.6 is 0 Å². The lowest BCUT2D eigenvalue weighted by Gasteiger charge is -2.28. The number of carbonyl (C=O) groups excluding carboxylic acids is 3. The molecule has 0 aliphatic carbocycles. The fourth-order valence-corrected chi connectivity index (χ4v) is 2.36. The monoisotopic (exact) mass is 465 g/mol. The summed E-state index contributed by atoms with van der Waals surface area (Å²) in [7, 11) is 0. The molecule has 0 aromatic rings. The number of aliphatic hydroxyl groups excluding tert-OH is 3.